The topological polar surface area (TPSA) is 57.6 Å². The molecule has 1 fully saturated rings. The minimum atomic E-state index is -0.889. The van der Waals surface area contributed by atoms with Crippen molar-refractivity contribution in [1.82, 2.24) is 4.90 Å². The second-order valence-corrected chi connectivity index (χ2v) is 8.04. The molecule has 1 atom stereocenters. The summed E-state index contributed by atoms with van der Waals surface area (Å²) in [5.74, 6) is 0.00887. The predicted octanol–water partition coefficient (Wildman–Crippen LogP) is 3.52. The fourth-order valence-corrected chi connectivity index (χ4v) is 5.30. The standard InChI is InChI=1S/C21H21NO3S/c23-19(17-14-26-18-9-5-4-8-16(17)18)22-12-10-21(11-13-22,20(24)25)15-6-2-1-3-7-15/h1-9,17H,10-14H2,(H,24,25)/t17-/m1/s1. The summed E-state index contributed by atoms with van der Waals surface area (Å²) in [6.07, 6.45) is 0.916. The number of amides is 1. The lowest BCUT2D eigenvalue weighted by molar-refractivity contribution is -0.148. The molecule has 0 radical (unpaired) electrons. The van der Waals surface area contributed by atoms with Crippen molar-refractivity contribution in [3.05, 3.63) is 65.7 Å². The Morgan fingerprint density at radius 2 is 1.65 bits per heavy atom. The van der Waals surface area contributed by atoms with Crippen molar-refractivity contribution in [3.63, 3.8) is 0 Å². The van der Waals surface area contributed by atoms with E-state index in [0.717, 1.165) is 16.9 Å². The van der Waals surface area contributed by atoms with Crippen LogP contribution in [0.5, 0.6) is 0 Å². The van der Waals surface area contributed by atoms with Gasteiger partial charge in [0.2, 0.25) is 5.91 Å². The van der Waals surface area contributed by atoms with Gasteiger partial charge >= 0.3 is 5.97 Å². The van der Waals surface area contributed by atoms with Crippen LogP contribution in [0.2, 0.25) is 0 Å². The zero-order valence-electron chi connectivity index (χ0n) is 14.4. The number of likely N-dealkylation sites (tertiary alicyclic amines) is 1. The third kappa shape index (κ3) is 2.80. The van der Waals surface area contributed by atoms with Crippen LogP contribution in [0.4, 0.5) is 0 Å². The molecule has 2 heterocycles. The summed E-state index contributed by atoms with van der Waals surface area (Å²) < 4.78 is 0. The molecule has 2 aliphatic heterocycles. The number of hydrogen-bond acceptors (Lipinski definition) is 3. The molecule has 0 aliphatic carbocycles. The van der Waals surface area contributed by atoms with Crippen LogP contribution in [-0.4, -0.2) is 40.7 Å². The number of fused-ring (bicyclic) bond motifs is 1. The highest BCUT2D eigenvalue weighted by molar-refractivity contribution is 7.99. The van der Waals surface area contributed by atoms with Gasteiger partial charge in [0, 0.05) is 23.7 Å². The van der Waals surface area contributed by atoms with Crippen LogP contribution >= 0.6 is 11.8 Å². The van der Waals surface area contributed by atoms with Crippen molar-refractivity contribution < 1.29 is 14.7 Å². The molecule has 2 aromatic carbocycles. The molecule has 5 heteroatoms. The highest BCUT2D eigenvalue weighted by Gasteiger charge is 2.45. The van der Waals surface area contributed by atoms with Gasteiger partial charge in [-0.1, -0.05) is 48.5 Å². The van der Waals surface area contributed by atoms with Crippen LogP contribution < -0.4 is 0 Å². The highest BCUT2D eigenvalue weighted by Crippen LogP contribution is 2.42. The first kappa shape index (κ1) is 17.2. The smallest absolute Gasteiger partial charge is 0.314 e. The van der Waals surface area contributed by atoms with Crippen LogP contribution in [0.1, 0.15) is 29.9 Å². The maximum Gasteiger partial charge on any atom is 0.314 e. The Bertz CT molecular complexity index is 828. The van der Waals surface area contributed by atoms with Crippen molar-refractivity contribution in [1.29, 1.82) is 0 Å². The Morgan fingerprint density at radius 1 is 1.00 bits per heavy atom. The van der Waals surface area contributed by atoms with Crippen LogP contribution in [0.25, 0.3) is 0 Å². The van der Waals surface area contributed by atoms with E-state index >= 15 is 0 Å². The van der Waals surface area contributed by atoms with E-state index in [0.29, 0.717) is 25.9 Å². The lowest BCUT2D eigenvalue weighted by Gasteiger charge is -2.40. The van der Waals surface area contributed by atoms with Crippen molar-refractivity contribution >= 4 is 23.6 Å². The normalized spacial score (nSPS) is 21.2. The van der Waals surface area contributed by atoms with Gasteiger partial charge in [-0.3, -0.25) is 9.59 Å². The van der Waals surface area contributed by atoms with E-state index in [4.69, 9.17) is 0 Å². The molecule has 0 spiro atoms. The number of carboxylic acids is 1. The summed E-state index contributed by atoms with van der Waals surface area (Å²) in [7, 11) is 0. The maximum absolute atomic E-state index is 13.0. The van der Waals surface area contributed by atoms with E-state index in [9.17, 15) is 14.7 Å². The number of aliphatic carboxylic acids is 1. The Morgan fingerprint density at radius 3 is 2.35 bits per heavy atom. The number of carbonyl (C=O) groups is 2. The summed E-state index contributed by atoms with van der Waals surface area (Å²) in [6, 6.07) is 17.5. The predicted molar refractivity (Wildman–Crippen MR) is 101 cm³/mol. The molecule has 1 N–H and O–H groups in total. The molecular weight excluding hydrogens is 346 g/mol. The lowest BCUT2D eigenvalue weighted by atomic mass is 9.72. The molecule has 2 aliphatic rings. The fourth-order valence-electron chi connectivity index (χ4n) is 4.08. The highest BCUT2D eigenvalue weighted by atomic mass is 32.2. The monoisotopic (exact) mass is 367 g/mol. The Kier molecular flexibility index (Phi) is 4.49. The minimum absolute atomic E-state index is 0.106. The van der Waals surface area contributed by atoms with E-state index in [1.54, 1.807) is 11.8 Å². The van der Waals surface area contributed by atoms with Gasteiger partial charge in [0.15, 0.2) is 0 Å². The summed E-state index contributed by atoms with van der Waals surface area (Å²) in [6.45, 7) is 0.979. The van der Waals surface area contributed by atoms with Crippen LogP contribution in [0, 0.1) is 0 Å². The summed E-state index contributed by atoms with van der Waals surface area (Å²) in [5.41, 5.74) is 1.06. The molecule has 2 aromatic rings. The average molecular weight is 367 g/mol. The van der Waals surface area contributed by atoms with E-state index in [2.05, 4.69) is 6.07 Å². The second kappa shape index (κ2) is 6.80. The number of piperidine rings is 1. The number of benzene rings is 2. The Balaban J connectivity index is 1.51. The fraction of sp³-hybridized carbons (Fsp3) is 0.333. The van der Waals surface area contributed by atoms with Gasteiger partial charge in [0.05, 0.1) is 11.3 Å². The third-order valence-electron chi connectivity index (χ3n) is 5.66. The number of carboxylic acid groups (broad SMARTS) is 1. The van der Waals surface area contributed by atoms with Crippen molar-refractivity contribution in [2.45, 2.75) is 29.1 Å². The first-order chi connectivity index (χ1) is 12.6. The van der Waals surface area contributed by atoms with Gasteiger partial charge < -0.3 is 10.0 Å². The zero-order valence-corrected chi connectivity index (χ0v) is 15.2. The Hall–Kier alpha value is -2.27. The molecule has 0 aromatic heterocycles. The van der Waals surface area contributed by atoms with Crippen LogP contribution in [0.3, 0.4) is 0 Å². The van der Waals surface area contributed by atoms with Gasteiger partial charge in [-0.15, -0.1) is 11.8 Å². The first-order valence-corrected chi connectivity index (χ1v) is 9.90. The van der Waals surface area contributed by atoms with Crippen LogP contribution in [-0.2, 0) is 15.0 Å². The molecule has 4 rings (SSSR count). The quantitative estimate of drug-likeness (QED) is 0.902. The molecule has 4 nitrogen and oxygen atoms in total. The van der Waals surface area contributed by atoms with Gasteiger partial charge in [-0.05, 0) is 30.0 Å². The number of hydrogen-bond donors (Lipinski definition) is 1. The maximum atomic E-state index is 13.0. The lowest BCUT2D eigenvalue weighted by Crippen LogP contribution is -2.50. The number of nitrogens with zero attached hydrogens (tertiary/aromatic N) is 1. The second-order valence-electron chi connectivity index (χ2n) is 6.98. The molecular formula is C21H21NO3S. The van der Waals surface area contributed by atoms with E-state index in [1.807, 2.05) is 53.4 Å². The summed E-state index contributed by atoms with van der Waals surface area (Å²) >= 11 is 1.73. The number of thioether (sulfide) groups is 1. The average Bonchev–Trinajstić information content (AvgIpc) is 3.12. The van der Waals surface area contributed by atoms with E-state index in [1.165, 1.54) is 4.90 Å². The van der Waals surface area contributed by atoms with Crippen molar-refractivity contribution in [2.24, 2.45) is 0 Å². The first-order valence-electron chi connectivity index (χ1n) is 8.91. The number of rotatable bonds is 3. The molecule has 134 valence electrons. The molecule has 1 amide bonds. The number of carbonyl (C=O) groups excluding carboxylic acids is 1. The zero-order chi connectivity index (χ0) is 18.1. The molecule has 0 unspecified atom stereocenters. The SMILES string of the molecule is O=C([C@@H]1CSc2ccccc21)N1CCC(C(=O)O)(c2ccccc2)CC1. The van der Waals surface area contributed by atoms with Gasteiger partial charge in [0.1, 0.15) is 0 Å². The molecule has 1 saturated heterocycles. The van der Waals surface area contributed by atoms with Crippen molar-refractivity contribution in [2.75, 3.05) is 18.8 Å². The Labute approximate surface area is 157 Å². The van der Waals surface area contributed by atoms with E-state index < -0.39 is 11.4 Å². The minimum Gasteiger partial charge on any atom is -0.481 e. The molecule has 0 bridgehead atoms. The molecule has 26 heavy (non-hydrogen) atoms. The largest absolute Gasteiger partial charge is 0.481 e. The van der Waals surface area contributed by atoms with Gasteiger partial charge in [-0.2, -0.15) is 0 Å². The van der Waals surface area contributed by atoms with E-state index in [-0.39, 0.29) is 11.8 Å². The van der Waals surface area contributed by atoms with Gasteiger partial charge in [-0.25, -0.2) is 0 Å². The molecule has 0 saturated carbocycles. The van der Waals surface area contributed by atoms with Crippen molar-refractivity contribution in [3.8, 4) is 0 Å². The summed E-state index contributed by atoms with van der Waals surface area (Å²) in [5, 5.41) is 9.90. The third-order valence-corrected chi connectivity index (χ3v) is 6.85. The van der Waals surface area contributed by atoms with Gasteiger partial charge in [0.25, 0.3) is 0 Å². The summed E-state index contributed by atoms with van der Waals surface area (Å²) in [4.78, 5) is 28.2. The van der Waals surface area contributed by atoms with Crippen LogP contribution in [0.15, 0.2) is 59.5 Å².